The van der Waals surface area contributed by atoms with Crippen molar-refractivity contribution in [2.75, 3.05) is 26.3 Å². The zero-order valence-corrected chi connectivity index (χ0v) is 8.14. The predicted molar refractivity (Wildman–Crippen MR) is 51.6 cm³/mol. The zero-order chi connectivity index (χ0) is 9.10. The molecular weight excluding hydrogens is 167 g/mol. The first kappa shape index (κ1) is 9.41. The molecule has 13 heavy (non-hydrogen) atoms. The van der Waals surface area contributed by atoms with Crippen LogP contribution in [0.1, 0.15) is 25.7 Å². The van der Waals surface area contributed by atoms with Crippen LogP contribution in [0.5, 0.6) is 0 Å². The minimum Gasteiger partial charge on any atom is -0.312 e. The Morgan fingerprint density at radius 1 is 1.31 bits per heavy atom. The van der Waals surface area contributed by atoms with Crippen LogP contribution in [0.25, 0.3) is 0 Å². The number of halogens is 1. The Morgan fingerprint density at radius 3 is 2.92 bits per heavy atom. The monoisotopic (exact) mass is 186 g/mol. The van der Waals surface area contributed by atoms with Crippen LogP contribution in [0.2, 0.25) is 0 Å². The summed E-state index contributed by atoms with van der Waals surface area (Å²) in [7, 11) is 0. The molecule has 1 N–H and O–H groups in total. The van der Waals surface area contributed by atoms with E-state index < -0.39 is 0 Å². The second-order valence-corrected chi connectivity index (χ2v) is 4.14. The van der Waals surface area contributed by atoms with E-state index in [9.17, 15) is 4.39 Å². The third kappa shape index (κ3) is 2.02. The minimum absolute atomic E-state index is 0.191. The Balaban J connectivity index is 1.88. The van der Waals surface area contributed by atoms with E-state index in [0.717, 1.165) is 13.1 Å². The maximum Gasteiger partial charge on any atom is 0.102 e. The summed E-state index contributed by atoms with van der Waals surface area (Å²) < 4.78 is 12.2. The molecule has 0 bridgehead atoms. The van der Waals surface area contributed by atoms with Crippen molar-refractivity contribution in [2.45, 2.75) is 37.8 Å². The van der Waals surface area contributed by atoms with Gasteiger partial charge in [-0.25, -0.2) is 4.39 Å². The van der Waals surface area contributed by atoms with Gasteiger partial charge in [0.1, 0.15) is 6.67 Å². The number of nitrogens with zero attached hydrogens (tertiary/aromatic N) is 1. The van der Waals surface area contributed by atoms with Gasteiger partial charge in [0.25, 0.3) is 0 Å². The summed E-state index contributed by atoms with van der Waals surface area (Å²) in [4.78, 5) is 2.32. The van der Waals surface area contributed by atoms with Gasteiger partial charge in [-0.2, -0.15) is 0 Å². The molecule has 3 heteroatoms. The average Bonchev–Trinajstić information content (AvgIpc) is 2.71. The molecule has 2 unspecified atom stereocenters. The summed E-state index contributed by atoms with van der Waals surface area (Å²) in [6.07, 6.45) is 5.10. The highest BCUT2D eigenvalue weighted by molar-refractivity contribution is 4.91. The van der Waals surface area contributed by atoms with Gasteiger partial charge in [-0.3, -0.25) is 4.90 Å². The van der Waals surface area contributed by atoms with E-state index in [1.54, 1.807) is 0 Å². The van der Waals surface area contributed by atoms with Crippen LogP contribution in [0.4, 0.5) is 4.39 Å². The molecule has 2 fully saturated rings. The van der Waals surface area contributed by atoms with Gasteiger partial charge in [0, 0.05) is 18.6 Å². The van der Waals surface area contributed by atoms with Crippen molar-refractivity contribution in [1.82, 2.24) is 10.2 Å². The zero-order valence-electron chi connectivity index (χ0n) is 8.14. The van der Waals surface area contributed by atoms with Crippen LogP contribution in [-0.2, 0) is 0 Å². The summed E-state index contributed by atoms with van der Waals surface area (Å²) in [6.45, 7) is 2.71. The molecule has 2 nitrogen and oxygen atoms in total. The third-order valence-corrected chi connectivity index (χ3v) is 3.35. The van der Waals surface area contributed by atoms with E-state index in [0.29, 0.717) is 18.6 Å². The molecule has 0 aromatic carbocycles. The molecule has 2 atom stereocenters. The molecule has 2 heterocycles. The fourth-order valence-electron chi connectivity index (χ4n) is 2.73. The summed E-state index contributed by atoms with van der Waals surface area (Å²) in [5, 5.41) is 3.52. The highest BCUT2D eigenvalue weighted by Gasteiger charge is 2.32. The summed E-state index contributed by atoms with van der Waals surface area (Å²) in [5.74, 6) is 0. The molecule has 2 aliphatic heterocycles. The van der Waals surface area contributed by atoms with E-state index in [1.165, 1.54) is 25.7 Å². The number of rotatable bonds is 3. The molecule has 0 amide bonds. The van der Waals surface area contributed by atoms with Gasteiger partial charge < -0.3 is 5.32 Å². The molecule has 0 aromatic heterocycles. The highest BCUT2D eigenvalue weighted by atomic mass is 19.1. The van der Waals surface area contributed by atoms with Crippen molar-refractivity contribution < 1.29 is 4.39 Å². The molecule has 2 rings (SSSR count). The van der Waals surface area contributed by atoms with Crippen molar-refractivity contribution >= 4 is 0 Å². The first-order valence-electron chi connectivity index (χ1n) is 5.45. The van der Waals surface area contributed by atoms with Gasteiger partial charge in [0.15, 0.2) is 0 Å². The second-order valence-electron chi connectivity index (χ2n) is 4.14. The van der Waals surface area contributed by atoms with E-state index in [4.69, 9.17) is 0 Å². The minimum atomic E-state index is -0.191. The van der Waals surface area contributed by atoms with Crippen molar-refractivity contribution in [3.63, 3.8) is 0 Å². The van der Waals surface area contributed by atoms with Crippen LogP contribution in [0, 0.1) is 0 Å². The predicted octanol–water partition coefficient (Wildman–Crippen LogP) is 1.17. The third-order valence-electron chi connectivity index (χ3n) is 3.35. The van der Waals surface area contributed by atoms with Crippen LogP contribution < -0.4 is 5.32 Å². The van der Waals surface area contributed by atoms with Gasteiger partial charge in [0.05, 0.1) is 0 Å². The molecule has 76 valence electrons. The first-order valence-corrected chi connectivity index (χ1v) is 5.45. The van der Waals surface area contributed by atoms with Crippen molar-refractivity contribution in [2.24, 2.45) is 0 Å². The number of likely N-dealkylation sites (tertiary alicyclic amines) is 1. The second kappa shape index (κ2) is 4.38. The van der Waals surface area contributed by atoms with E-state index in [1.807, 2.05) is 0 Å². The number of nitrogens with one attached hydrogen (secondary N) is 1. The topological polar surface area (TPSA) is 15.3 Å². The molecule has 0 saturated carbocycles. The maximum absolute atomic E-state index is 12.2. The molecule has 2 aliphatic rings. The molecule has 0 aromatic rings. The SMILES string of the molecule is FCCN1CCCC1C1CCCN1. The lowest BCUT2D eigenvalue weighted by Gasteiger charge is -2.28. The fraction of sp³-hybridized carbons (Fsp3) is 1.00. The van der Waals surface area contributed by atoms with Crippen LogP contribution >= 0.6 is 0 Å². The first-order chi connectivity index (χ1) is 6.42. The lowest BCUT2D eigenvalue weighted by molar-refractivity contribution is 0.198. The Morgan fingerprint density at radius 2 is 2.23 bits per heavy atom. The maximum atomic E-state index is 12.2. The van der Waals surface area contributed by atoms with Crippen LogP contribution in [-0.4, -0.2) is 43.3 Å². The molecular formula is C10H19FN2. The Bertz CT molecular complexity index is 157. The summed E-state index contributed by atoms with van der Waals surface area (Å²) >= 11 is 0. The van der Waals surface area contributed by atoms with Gasteiger partial charge in [-0.05, 0) is 38.8 Å². The van der Waals surface area contributed by atoms with Crippen molar-refractivity contribution in [3.05, 3.63) is 0 Å². The molecule has 2 saturated heterocycles. The number of alkyl halides is 1. The Hall–Kier alpha value is -0.150. The smallest absolute Gasteiger partial charge is 0.102 e. The van der Waals surface area contributed by atoms with Gasteiger partial charge in [0.2, 0.25) is 0 Å². The fourth-order valence-corrected chi connectivity index (χ4v) is 2.73. The average molecular weight is 186 g/mol. The summed E-state index contributed by atoms with van der Waals surface area (Å²) in [5.41, 5.74) is 0. The molecule has 0 aliphatic carbocycles. The molecule has 0 spiro atoms. The Kier molecular flexibility index (Phi) is 3.17. The van der Waals surface area contributed by atoms with Crippen molar-refractivity contribution in [3.8, 4) is 0 Å². The largest absolute Gasteiger partial charge is 0.312 e. The van der Waals surface area contributed by atoms with Gasteiger partial charge >= 0.3 is 0 Å². The molecule has 0 radical (unpaired) electrons. The summed E-state index contributed by atoms with van der Waals surface area (Å²) in [6, 6.07) is 1.27. The van der Waals surface area contributed by atoms with E-state index in [-0.39, 0.29) is 6.67 Å². The van der Waals surface area contributed by atoms with E-state index >= 15 is 0 Å². The van der Waals surface area contributed by atoms with Gasteiger partial charge in [-0.1, -0.05) is 0 Å². The number of hydrogen-bond acceptors (Lipinski definition) is 2. The Labute approximate surface area is 79.5 Å². The van der Waals surface area contributed by atoms with Crippen LogP contribution in [0.3, 0.4) is 0 Å². The van der Waals surface area contributed by atoms with Crippen LogP contribution in [0.15, 0.2) is 0 Å². The van der Waals surface area contributed by atoms with Gasteiger partial charge in [-0.15, -0.1) is 0 Å². The normalized spacial score (nSPS) is 35.8. The number of hydrogen-bond donors (Lipinski definition) is 1. The highest BCUT2D eigenvalue weighted by Crippen LogP contribution is 2.24. The quantitative estimate of drug-likeness (QED) is 0.712. The standard InChI is InChI=1S/C10H19FN2/c11-5-8-13-7-2-4-10(13)9-3-1-6-12-9/h9-10,12H,1-8H2. The lowest BCUT2D eigenvalue weighted by atomic mass is 10.0. The van der Waals surface area contributed by atoms with Crippen molar-refractivity contribution in [1.29, 1.82) is 0 Å². The lowest BCUT2D eigenvalue weighted by Crippen LogP contribution is -2.44. The van der Waals surface area contributed by atoms with E-state index in [2.05, 4.69) is 10.2 Å².